The Morgan fingerprint density at radius 3 is 2.04 bits per heavy atom. The zero-order valence-electron chi connectivity index (χ0n) is 13.9. The van der Waals surface area contributed by atoms with Gasteiger partial charge in [-0.1, -0.05) is 60.7 Å². The van der Waals surface area contributed by atoms with Crippen molar-refractivity contribution >= 4 is 5.78 Å². The van der Waals surface area contributed by atoms with Gasteiger partial charge in [-0.15, -0.1) is 0 Å². The third kappa shape index (κ3) is 6.79. The molecule has 0 aliphatic rings. The van der Waals surface area contributed by atoms with Crippen molar-refractivity contribution in [2.24, 2.45) is 0 Å². The van der Waals surface area contributed by atoms with Crippen LogP contribution in [0.25, 0.3) is 0 Å². The molecule has 0 amide bonds. The maximum Gasteiger partial charge on any atom is 0.135 e. The van der Waals surface area contributed by atoms with Gasteiger partial charge in [0.05, 0.1) is 6.10 Å². The lowest BCUT2D eigenvalue weighted by molar-refractivity contribution is -0.121. The lowest BCUT2D eigenvalue weighted by atomic mass is 10.00. The van der Waals surface area contributed by atoms with Crippen LogP contribution in [0, 0.1) is 0 Å². The third-order valence-corrected chi connectivity index (χ3v) is 3.99. The molecule has 0 heterocycles. The maximum absolute atomic E-state index is 12.2. The van der Waals surface area contributed by atoms with Crippen LogP contribution in [-0.2, 0) is 22.4 Å². The molecule has 2 nitrogen and oxygen atoms in total. The van der Waals surface area contributed by atoms with Gasteiger partial charge in [-0.25, -0.2) is 0 Å². The van der Waals surface area contributed by atoms with E-state index in [9.17, 15) is 4.79 Å². The number of rotatable bonds is 10. The molecule has 2 heteroatoms. The van der Waals surface area contributed by atoms with Crippen molar-refractivity contribution in [1.29, 1.82) is 0 Å². The quantitative estimate of drug-likeness (QED) is 0.640. The molecular weight excluding hydrogens is 284 g/mol. The van der Waals surface area contributed by atoms with Crippen LogP contribution in [-0.4, -0.2) is 18.5 Å². The first-order valence-electron chi connectivity index (χ1n) is 8.49. The molecule has 2 aromatic carbocycles. The van der Waals surface area contributed by atoms with Crippen LogP contribution in [0.15, 0.2) is 60.7 Å². The van der Waals surface area contributed by atoms with E-state index in [1.165, 1.54) is 11.1 Å². The minimum absolute atomic E-state index is 0.0310. The van der Waals surface area contributed by atoms with Crippen molar-refractivity contribution < 1.29 is 9.53 Å². The van der Waals surface area contributed by atoms with Gasteiger partial charge in [-0.05, 0) is 37.3 Å². The van der Waals surface area contributed by atoms with Crippen LogP contribution < -0.4 is 0 Å². The Labute approximate surface area is 139 Å². The Hall–Kier alpha value is -1.93. The topological polar surface area (TPSA) is 26.3 Å². The third-order valence-electron chi connectivity index (χ3n) is 3.99. The van der Waals surface area contributed by atoms with Gasteiger partial charge >= 0.3 is 0 Å². The number of ether oxygens (including phenoxy) is 1. The molecule has 0 saturated heterocycles. The highest BCUT2D eigenvalue weighted by Gasteiger charge is 2.14. The van der Waals surface area contributed by atoms with Crippen LogP contribution in [0.5, 0.6) is 0 Å². The van der Waals surface area contributed by atoms with Crippen molar-refractivity contribution in [1.82, 2.24) is 0 Å². The minimum atomic E-state index is 0.0310. The Balaban J connectivity index is 1.77. The first-order valence-corrected chi connectivity index (χ1v) is 8.49. The van der Waals surface area contributed by atoms with Crippen LogP contribution in [0.2, 0.25) is 0 Å². The number of Topliss-reactive ketones (excluding diaryl/α,β-unsaturated/α-hetero) is 1. The van der Waals surface area contributed by atoms with Crippen molar-refractivity contribution in [3.63, 3.8) is 0 Å². The number of carbonyl (C=O) groups is 1. The molecule has 23 heavy (non-hydrogen) atoms. The first-order chi connectivity index (χ1) is 11.3. The fourth-order valence-electron chi connectivity index (χ4n) is 2.74. The van der Waals surface area contributed by atoms with Crippen LogP contribution in [0.4, 0.5) is 0 Å². The van der Waals surface area contributed by atoms with E-state index in [4.69, 9.17) is 4.74 Å². The summed E-state index contributed by atoms with van der Waals surface area (Å²) in [6, 6.07) is 20.6. The zero-order valence-corrected chi connectivity index (χ0v) is 13.9. The van der Waals surface area contributed by atoms with Gasteiger partial charge in [0.25, 0.3) is 0 Å². The molecule has 1 unspecified atom stereocenters. The lowest BCUT2D eigenvalue weighted by Gasteiger charge is -2.16. The highest BCUT2D eigenvalue weighted by Crippen LogP contribution is 2.13. The van der Waals surface area contributed by atoms with E-state index >= 15 is 0 Å². The Morgan fingerprint density at radius 1 is 0.913 bits per heavy atom. The van der Waals surface area contributed by atoms with Gasteiger partial charge in [0, 0.05) is 19.4 Å². The molecule has 0 aromatic heterocycles. The second-order valence-corrected chi connectivity index (χ2v) is 5.83. The van der Waals surface area contributed by atoms with Gasteiger partial charge in [0.1, 0.15) is 5.78 Å². The number of hydrogen-bond donors (Lipinski definition) is 0. The van der Waals surface area contributed by atoms with E-state index in [-0.39, 0.29) is 6.10 Å². The van der Waals surface area contributed by atoms with Crippen LogP contribution >= 0.6 is 0 Å². The number of ketones is 1. The van der Waals surface area contributed by atoms with E-state index in [1.807, 2.05) is 31.2 Å². The number of carbonyl (C=O) groups excluding carboxylic acids is 1. The average Bonchev–Trinajstić information content (AvgIpc) is 2.60. The highest BCUT2D eigenvalue weighted by molar-refractivity contribution is 5.79. The number of aryl methyl sites for hydroxylation is 2. The predicted octanol–water partition coefficient (Wildman–Crippen LogP) is 4.62. The van der Waals surface area contributed by atoms with Crippen LogP contribution in [0.3, 0.4) is 0 Å². The van der Waals surface area contributed by atoms with Gasteiger partial charge in [0.2, 0.25) is 0 Å². The van der Waals surface area contributed by atoms with Crippen molar-refractivity contribution in [3.05, 3.63) is 71.8 Å². The molecular formula is C21H26O2. The molecule has 0 bridgehead atoms. The standard InChI is InChI=1S/C21H26O2/c1-2-23-21(16-14-19-11-7-4-8-12-19)17-20(22)15-13-18-9-5-3-6-10-18/h3-12,21H,2,13-17H2,1H3. The Bertz CT molecular complexity index is 563. The van der Waals surface area contributed by atoms with Crippen molar-refractivity contribution in [3.8, 4) is 0 Å². The van der Waals surface area contributed by atoms with Gasteiger partial charge in [-0.3, -0.25) is 4.79 Å². The predicted molar refractivity (Wildman–Crippen MR) is 94.6 cm³/mol. The molecule has 0 aliphatic carbocycles. The van der Waals surface area contributed by atoms with Gasteiger partial charge in [0.15, 0.2) is 0 Å². The fourth-order valence-corrected chi connectivity index (χ4v) is 2.74. The van der Waals surface area contributed by atoms with E-state index in [0.717, 1.165) is 19.3 Å². The van der Waals surface area contributed by atoms with E-state index in [0.29, 0.717) is 25.2 Å². The molecule has 1 atom stereocenters. The summed E-state index contributed by atoms with van der Waals surface area (Å²) < 4.78 is 5.77. The van der Waals surface area contributed by atoms with Crippen LogP contribution in [0.1, 0.15) is 37.3 Å². The fraction of sp³-hybridized carbons (Fsp3) is 0.381. The van der Waals surface area contributed by atoms with Gasteiger partial charge in [-0.2, -0.15) is 0 Å². The summed E-state index contributed by atoms with van der Waals surface area (Å²) >= 11 is 0. The maximum atomic E-state index is 12.2. The summed E-state index contributed by atoms with van der Waals surface area (Å²) in [5.74, 6) is 0.292. The molecule has 122 valence electrons. The van der Waals surface area contributed by atoms with Gasteiger partial charge < -0.3 is 4.74 Å². The largest absolute Gasteiger partial charge is 0.378 e. The summed E-state index contributed by atoms with van der Waals surface area (Å²) in [7, 11) is 0. The molecule has 0 aliphatic heterocycles. The molecule has 2 rings (SSSR count). The van der Waals surface area contributed by atoms with E-state index in [2.05, 4.69) is 36.4 Å². The highest BCUT2D eigenvalue weighted by atomic mass is 16.5. The van der Waals surface area contributed by atoms with E-state index < -0.39 is 0 Å². The van der Waals surface area contributed by atoms with Crippen molar-refractivity contribution in [2.45, 2.75) is 45.1 Å². The minimum Gasteiger partial charge on any atom is -0.378 e. The molecule has 0 spiro atoms. The lowest BCUT2D eigenvalue weighted by Crippen LogP contribution is -2.19. The average molecular weight is 310 g/mol. The number of benzene rings is 2. The second-order valence-electron chi connectivity index (χ2n) is 5.83. The molecule has 0 saturated carbocycles. The normalized spacial score (nSPS) is 12.0. The zero-order chi connectivity index (χ0) is 16.3. The summed E-state index contributed by atoms with van der Waals surface area (Å²) in [4.78, 5) is 12.2. The summed E-state index contributed by atoms with van der Waals surface area (Å²) in [5.41, 5.74) is 2.52. The summed E-state index contributed by atoms with van der Waals surface area (Å²) in [5, 5.41) is 0. The van der Waals surface area contributed by atoms with Crippen molar-refractivity contribution in [2.75, 3.05) is 6.61 Å². The molecule has 0 radical (unpaired) electrons. The molecule has 0 fully saturated rings. The Morgan fingerprint density at radius 2 is 1.48 bits per heavy atom. The number of hydrogen-bond acceptors (Lipinski definition) is 2. The molecule has 2 aromatic rings. The first kappa shape index (κ1) is 17.4. The Kier molecular flexibility index (Phi) is 7.55. The smallest absolute Gasteiger partial charge is 0.135 e. The van der Waals surface area contributed by atoms with E-state index in [1.54, 1.807) is 0 Å². The summed E-state index contributed by atoms with van der Waals surface area (Å²) in [6.45, 7) is 2.65. The second kappa shape index (κ2) is 9.96. The summed E-state index contributed by atoms with van der Waals surface area (Å²) in [6.07, 6.45) is 3.82. The SMILES string of the molecule is CCOC(CCc1ccccc1)CC(=O)CCc1ccccc1. The monoisotopic (exact) mass is 310 g/mol. The molecule has 0 N–H and O–H groups in total.